The van der Waals surface area contributed by atoms with E-state index in [0.29, 0.717) is 25.4 Å². The van der Waals surface area contributed by atoms with Crippen LogP contribution >= 0.6 is 0 Å². The van der Waals surface area contributed by atoms with E-state index in [0.717, 1.165) is 24.2 Å². The summed E-state index contributed by atoms with van der Waals surface area (Å²) in [6.45, 7) is 1.93. The molecule has 0 aliphatic heterocycles. The normalized spacial score (nSPS) is 14.6. The van der Waals surface area contributed by atoms with Gasteiger partial charge < -0.3 is 24.8 Å². The van der Waals surface area contributed by atoms with Crippen LogP contribution in [0.2, 0.25) is 0 Å². The molecule has 6 heteroatoms. The maximum atomic E-state index is 11.9. The molecule has 0 saturated heterocycles. The van der Waals surface area contributed by atoms with Crippen LogP contribution in [0.25, 0.3) is 0 Å². The predicted octanol–water partition coefficient (Wildman–Crippen LogP) is 1.87. The highest BCUT2D eigenvalue weighted by molar-refractivity contribution is 5.78. The van der Waals surface area contributed by atoms with Crippen LogP contribution in [0.1, 0.15) is 31.2 Å². The third-order valence-corrected chi connectivity index (χ3v) is 4.11. The van der Waals surface area contributed by atoms with Gasteiger partial charge >= 0.3 is 0 Å². The number of ether oxygens (including phenoxy) is 3. The summed E-state index contributed by atoms with van der Waals surface area (Å²) in [6.07, 6.45) is 4.81. The highest BCUT2D eigenvalue weighted by atomic mass is 16.5. The van der Waals surface area contributed by atoms with Crippen molar-refractivity contribution in [3.8, 4) is 11.5 Å². The topological polar surface area (TPSA) is 68.8 Å². The Kier molecular flexibility index (Phi) is 7.85. The number of methoxy groups -OCH3 is 2. The van der Waals surface area contributed by atoms with Gasteiger partial charge in [-0.25, -0.2) is 0 Å². The molecule has 0 radical (unpaired) electrons. The van der Waals surface area contributed by atoms with Crippen molar-refractivity contribution < 1.29 is 19.0 Å². The van der Waals surface area contributed by atoms with Gasteiger partial charge in [0.05, 0.1) is 26.4 Å². The van der Waals surface area contributed by atoms with Gasteiger partial charge in [0.25, 0.3) is 0 Å². The van der Waals surface area contributed by atoms with Crippen LogP contribution in [0.4, 0.5) is 0 Å². The van der Waals surface area contributed by atoms with Gasteiger partial charge in [0, 0.05) is 25.8 Å². The number of amides is 1. The zero-order valence-electron chi connectivity index (χ0n) is 14.6. The Labute approximate surface area is 143 Å². The Morgan fingerprint density at radius 1 is 1.25 bits per heavy atom. The lowest BCUT2D eigenvalue weighted by Crippen LogP contribution is -2.35. The van der Waals surface area contributed by atoms with Crippen molar-refractivity contribution in [3.63, 3.8) is 0 Å². The van der Waals surface area contributed by atoms with Crippen LogP contribution in [0, 0.1) is 0 Å². The molecule has 1 aromatic carbocycles. The van der Waals surface area contributed by atoms with E-state index in [2.05, 4.69) is 10.6 Å². The lowest BCUT2D eigenvalue weighted by atomic mass is 10.1. The van der Waals surface area contributed by atoms with Crippen LogP contribution in [0.15, 0.2) is 18.2 Å². The first kappa shape index (κ1) is 18.5. The molecular weight excluding hydrogens is 308 g/mol. The molecule has 2 rings (SSSR count). The van der Waals surface area contributed by atoms with Gasteiger partial charge in [-0.3, -0.25) is 4.79 Å². The molecule has 0 aromatic heterocycles. The molecule has 0 unspecified atom stereocenters. The van der Waals surface area contributed by atoms with Crippen molar-refractivity contribution in [2.24, 2.45) is 0 Å². The molecule has 24 heavy (non-hydrogen) atoms. The van der Waals surface area contributed by atoms with Crippen LogP contribution in [0.3, 0.4) is 0 Å². The van der Waals surface area contributed by atoms with E-state index in [4.69, 9.17) is 14.2 Å². The Morgan fingerprint density at radius 2 is 2.04 bits per heavy atom. The zero-order chi connectivity index (χ0) is 17.2. The highest BCUT2D eigenvalue weighted by Crippen LogP contribution is 2.34. The summed E-state index contributed by atoms with van der Waals surface area (Å²) in [7, 11) is 3.27. The zero-order valence-corrected chi connectivity index (χ0v) is 14.6. The molecule has 0 spiro atoms. The molecule has 2 N–H and O–H groups in total. The number of hydrogen-bond donors (Lipinski definition) is 2. The lowest BCUT2D eigenvalue weighted by Gasteiger charge is -2.19. The van der Waals surface area contributed by atoms with E-state index in [1.165, 1.54) is 12.8 Å². The van der Waals surface area contributed by atoms with Crippen LogP contribution in [0.5, 0.6) is 11.5 Å². The Hall–Kier alpha value is -1.79. The smallest absolute Gasteiger partial charge is 0.234 e. The summed E-state index contributed by atoms with van der Waals surface area (Å²) in [5.41, 5.74) is 0.937. The molecule has 1 aromatic rings. The summed E-state index contributed by atoms with van der Waals surface area (Å²) in [4.78, 5) is 11.9. The highest BCUT2D eigenvalue weighted by Gasteiger charge is 2.20. The Balaban J connectivity index is 1.92. The quantitative estimate of drug-likeness (QED) is 0.639. The maximum absolute atomic E-state index is 11.9. The average Bonchev–Trinajstić information content (AvgIpc) is 3.11. The van der Waals surface area contributed by atoms with Crippen molar-refractivity contribution in [1.82, 2.24) is 10.6 Å². The minimum atomic E-state index is -0.0549. The summed E-state index contributed by atoms with van der Waals surface area (Å²) in [5, 5.41) is 5.94. The van der Waals surface area contributed by atoms with Crippen LogP contribution in [-0.2, 0) is 16.1 Å². The third kappa shape index (κ3) is 5.69. The monoisotopic (exact) mass is 336 g/mol. The Bertz CT molecular complexity index is 516. The molecule has 1 fully saturated rings. The van der Waals surface area contributed by atoms with Crippen molar-refractivity contribution in [1.29, 1.82) is 0 Å². The summed E-state index contributed by atoms with van der Waals surface area (Å²) < 4.78 is 16.5. The number of para-hydroxylation sites is 1. The van der Waals surface area contributed by atoms with E-state index in [-0.39, 0.29) is 18.6 Å². The molecule has 1 aliphatic rings. The van der Waals surface area contributed by atoms with E-state index in [1.807, 2.05) is 18.2 Å². The van der Waals surface area contributed by atoms with E-state index >= 15 is 0 Å². The SMILES string of the molecule is COCCNCC(=O)NCc1cccc(OC)c1OC1CCCC1. The minimum absolute atomic E-state index is 0.0549. The maximum Gasteiger partial charge on any atom is 0.234 e. The van der Waals surface area contributed by atoms with Gasteiger partial charge in [-0.05, 0) is 31.7 Å². The molecule has 0 atom stereocenters. The fourth-order valence-corrected chi connectivity index (χ4v) is 2.80. The number of nitrogens with one attached hydrogen (secondary N) is 2. The predicted molar refractivity (Wildman–Crippen MR) is 92.5 cm³/mol. The van der Waals surface area contributed by atoms with Gasteiger partial charge in [0.15, 0.2) is 11.5 Å². The first-order valence-electron chi connectivity index (χ1n) is 8.53. The van der Waals surface area contributed by atoms with Crippen molar-refractivity contribution in [3.05, 3.63) is 23.8 Å². The van der Waals surface area contributed by atoms with Crippen molar-refractivity contribution >= 4 is 5.91 Å². The standard InChI is InChI=1S/C18H28N2O4/c1-22-11-10-19-13-17(21)20-12-14-6-5-9-16(23-2)18(14)24-15-7-3-4-8-15/h5-6,9,15,19H,3-4,7-8,10-13H2,1-2H3,(H,20,21). The fourth-order valence-electron chi connectivity index (χ4n) is 2.80. The second-order valence-corrected chi connectivity index (χ2v) is 5.92. The molecular formula is C18H28N2O4. The first-order chi connectivity index (χ1) is 11.7. The minimum Gasteiger partial charge on any atom is -0.493 e. The molecule has 134 valence electrons. The number of hydrogen-bond acceptors (Lipinski definition) is 5. The molecule has 0 bridgehead atoms. The van der Waals surface area contributed by atoms with Crippen molar-refractivity contribution in [2.45, 2.75) is 38.3 Å². The number of benzene rings is 1. The molecule has 1 saturated carbocycles. The second kappa shape index (κ2) is 10.2. The average molecular weight is 336 g/mol. The molecule has 0 heterocycles. The summed E-state index contributed by atoms with van der Waals surface area (Å²) in [6, 6.07) is 5.77. The number of carbonyl (C=O) groups excluding carboxylic acids is 1. The van der Waals surface area contributed by atoms with Crippen LogP contribution < -0.4 is 20.1 Å². The lowest BCUT2D eigenvalue weighted by molar-refractivity contribution is -0.120. The summed E-state index contributed by atoms with van der Waals surface area (Å²) >= 11 is 0. The first-order valence-corrected chi connectivity index (χ1v) is 8.53. The molecule has 1 amide bonds. The van der Waals surface area contributed by atoms with Crippen molar-refractivity contribution in [2.75, 3.05) is 33.9 Å². The van der Waals surface area contributed by atoms with Gasteiger partial charge in [-0.2, -0.15) is 0 Å². The van der Waals surface area contributed by atoms with Gasteiger partial charge in [-0.1, -0.05) is 12.1 Å². The molecule has 6 nitrogen and oxygen atoms in total. The van der Waals surface area contributed by atoms with Gasteiger partial charge in [-0.15, -0.1) is 0 Å². The number of carbonyl (C=O) groups is 1. The Morgan fingerprint density at radius 3 is 2.75 bits per heavy atom. The second-order valence-electron chi connectivity index (χ2n) is 5.92. The van der Waals surface area contributed by atoms with Gasteiger partial charge in [0.1, 0.15) is 0 Å². The van der Waals surface area contributed by atoms with Gasteiger partial charge in [0.2, 0.25) is 5.91 Å². The largest absolute Gasteiger partial charge is 0.493 e. The third-order valence-electron chi connectivity index (χ3n) is 4.11. The van der Waals surface area contributed by atoms with E-state index < -0.39 is 0 Å². The van der Waals surface area contributed by atoms with Crippen LogP contribution in [-0.4, -0.2) is 45.9 Å². The number of rotatable bonds is 10. The molecule has 1 aliphatic carbocycles. The summed E-state index contributed by atoms with van der Waals surface area (Å²) in [5.74, 6) is 1.41. The fraction of sp³-hybridized carbons (Fsp3) is 0.611. The van der Waals surface area contributed by atoms with E-state index in [1.54, 1.807) is 14.2 Å². The van der Waals surface area contributed by atoms with E-state index in [9.17, 15) is 4.79 Å².